The first kappa shape index (κ1) is 23.0. The van der Waals surface area contributed by atoms with Crippen LogP contribution >= 0.6 is 15.9 Å². The van der Waals surface area contributed by atoms with E-state index in [-0.39, 0.29) is 18.0 Å². The smallest absolute Gasteiger partial charge is 0.266 e. The lowest BCUT2D eigenvalue weighted by Crippen LogP contribution is -2.13. The minimum Gasteiger partial charge on any atom is -0.490 e. The van der Waals surface area contributed by atoms with Crippen molar-refractivity contribution in [1.82, 2.24) is 0 Å². The molecule has 0 saturated carbocycles. The maximum atomic E-state index is 13.4. The Balaban J connectivity index is 1.85. The van der Waals surface area contributed by atoms with Crippen molar-refractivity contribution in [3.63, 3.8) is 0 Å². The monoisotopic (exact) mass is 494 g/mol. The number of hydrogen-bond donors (Lipinski definition) is 1. The van der Waals surface area contributed by atoms with E-state index in [1.165, 1.54) is 18.2 Å². The molecule has 0 heterocycles. The number of rotatable bonds is 8. The molecule has 5 nitrogen and oxygen atoms in total. The minimum atomic E-state index is -0.519. The normalized spacial score (nSPS) is 10.9. The Labute approximate surface area is 194 Å². The first-order valence-corrected chi connectivity index (χ1v) is 10.6. The first-order chi connectivity index (χ1) is 15.5. The van der Waals surface area contributed by atoms with Gasteiger partial charge in [-0.2, -0.15) is 5.26 Å². The molecule has 0 aliphatic carbocycles. The van der Waals surface area contributed by atoms with Crippen molar-refractivity contribution >= 4 is 33.6 Å². The van der Waals surface area contributed by atoms with Crippen molar-refractivity contribution in [1.29, 1.82) is 5.26 Å². The van der Waals surface area contributed by atoms with Crippen LogP contribution in [0.15, 0.2) is 76.8 Å². The molecule has 1 N–H and O–H groups in total. The lowest BCUT2D eigenvalue weighted by Gasteiger charge is -2.14. The van der Waals surface area contributed by atoms with Gasteiger partial charge in [0.15, 0.2) is 11.5 Å². The summed E-state index contributed by atoms with van der Waals surface area (Å²) in [5, 5.41) is 12.2. The van der Waals surface area contributed by atoms with Crippen LogP contribution in [0.5, 0.6) is 11.5 Å². The largest absolute Gasteiger partial charge is 0.490 e. The number of ether oxygens (including phenoxy) is 2. The fourth-order valence-electron chi connectivity index (χ4n) is 2.85. The van der Waals surface area contributed by atoms with Gasteiger partial charge in [0.05, 0.1) is 6.61 Å². The van der Waals surface area contributed by atoms with E-state index in [4.69, 9.17) is 9.47 Å². The molecule has 0 fully saturated rings. The third-order valence-electron chi connectivity index (χ3n) is 4.34. The van der Waals surface area contributed by atoms with Crippen molar-refractivity contribution in [2.24, 2.45) is 0 Å². The summed E-state index contributed by atoms with van der Waals surface area (Å²) in [4.78, 5) is 12.5. The van der Waals surface area contributed by atoms with Crippen LogP contribution in [0.1, 0.15) is 18.1 Å². The van der Waals surface area contributed by atoms with Gasteiger partial charge in [0.2, 0.25) is 0 Å². The molecule has 0 aliphatic rings. The maximum absolute atomic E-state index is 13.4. The molecule has 0 radical (unpaired) electrons. The van der Waals surface area contributed by atoms with Crippen LogP contribution in [0.4, 0.5) is 10.1 Å². The highest BCUT2D eigenvalue weighted by Crippen LogP contribution is 2.35. The molecule has 1 amide bonds. The standard InChI is InChI=1S/C25H20BrFN2O3/c1-2-31-23-13-18(12-19(15-28)25(30)29-21-9-4-3-5-10-21)22(26)14-24(23)32-16-17-7-6-8-20(27)11-17/h3-14H,2,16H2,1H3,(H,29,30)/b19-12+. The molecule has 32 heavy (non-hydrogen) atoms. The maximum Gasteiger partial charge on any atom is 0.266 e. The van der Waals surface area contributed by atoms with E-state index >= 15 is 0 Å². The molecular formula is C25H20BrFN2O3. The second-order valence-corrected chi connectivity index (χ2v) is 7.52. The summed E-state index contributed by atoms with van der Waals surface area (Å²) in [6.45, 7) is 2.38. The Hall–Kier alpha value is -3.63. The third-order valence-corrected chi connectivity index (χ3v) is 5.03. The van der Waals surface area contributed by atoms with Crippen LogP contribution in [-0.2, 0) is 11.4 Å². The van der Waals surface area contributed by atoms with Crippen LogP contribution < -0.4 is 14.8 Å². The lowest BCUT2D eigenvalue weighted by molar-refractivity contribution is -0.112. The van der Waals surface area contributed by atoms with Crippen molar-refractivity contribution in [2.45, 2.75) is 13.5 Å². The topological polar surface area (TPSA) is 71.3 Å². The summed E-state index contributed by atoms with van der Waals surface area (Å²) in [6.07, 6.45) is 1.47. The van der Waals surface area contributed by atoms with Gasteiger partial charge in [-0.25, -0.2) is 4.39 Å². The number of anilines is 1. The van der Waals surface area contributed by atoms with E-state index in [9.17, 15) is 14.4 Å². The molecule has 3 aromatic rings. The van der Waals surface area contributed by atoms with Gasteiger partial charge in [0.1, 0.15) is 24.1 Å². The molecule has 0 saturated heterocycles. The van der Waals surface area contributed by atoms with Gasteiger partial charge < -0.3 is 14.8 Å². The van der Waals surface area contributed by atoms with E-state index in [1.54, 1.807) is 48.5 Å². The zero-order valence-electron chi connectivity index (χ0n) is 17.3. The van der Waals surface area contributed by atoms with Crippen molar-refractivity contribution in [3.05, 3.63) is 93.7 Å². The second-order valence-electron chi connectivity index (χ2n) is 6.66. The number of carbonyl (C=O) groups excluding carboxylic acids is 1. The molecule has 0 aromatic heterocycles. The van der Waals surface area contributed by atoms with E-state index in [0.29, 0.717) is 39.4 Å². The van der Waals surface area contributed by atoms with Crippen molar-refractivity contribution in [2.75, 3.05) is 11.9 Å². The second kappa shape index (κ2) is 11.1. The van der Waals surface area contributed by atoms with E-state index in [1.807, 2.05) is 19.1 Å². The summed E-state index contributed by atoms with van der Waals surface area (Å²) in [7, 11) is 0. The number of nitriles is 1. The van der Waals surface area contributed by atoms with Crippen molar-refractivity contribution < 1.29 is 18.7 Å². The molecule has 162 valence electrons. The Morgan fingerprint density at radius 2 is 1.84 bits per heavy atom. The number of halogens is 2. The fourth-order valence-corrected chi connectivity index (χ4v) is 3.29. The summed E-state index contributed by atoms with van der Waals surface area (Å²) >= 11 is 3.46. The van der Waals surface area contributed by atoms with Gasteiger partial charge in [0, 0.05) is 10.2 Å². The van der Waals surface area contributed by atoms with E-state index < -0.39 is 5.91 Å². The van der Waals surface area contributed by atoms with Gasteiger partial charge in [0.25, 0.3) is 5.91 Å². The molecule has 7 heteroatoms. The molecule has 0 aliphatic heterocycles. The molecule has 0 spiro atoms. The lowest BCUT2D eigenvalue weighted by atomic mass is 10.1. The van der Waals surface area contributed by atoms with Crippen molar-refractivity contribution in [3.8, 4) is 17.6 Å². The van der Waals surface area contributed by atoms with Crippen LogP contribution in [0.2, 0.25) is 0 Å². The highest BCUT2D eigenvalue weighted by molar-refractivity contribution is 9.10. The molecule has 0 atom stereocenters. The predicted octanol–water partition coefficient (Wildman–Crippen LogP) is 6.11. The van der Waals surface area contributed by atoms with Gasteiger partial charge in [-0.05, 0) is 60.5 Å². The quantitative estimate of drug-likeness (QED) is 0.302. The Morgan fingerprint density at radius 3 is 2.53 bits per heavy atom. The van der Waals surface area contributed by atoms with E-state index in [0.717, 1.165) is 0 Å². The number of nitrogens with one attached hydrogen (secondary N) is 1. The summed E-state index contributed by atoms with van der Waals surface area (Å²) in [6, 6.07) is 20.4. The third kappa shape index (κ3) is 6.19. The first-order valence-electron chi connectivity index (χ1n) is 9.82. The predicted molar refractivity (Wildman–Crippen MR) is 125 cm³/mol. The molecular weight excluding hydrogens is 475 g/mol. The number of hydrogen-bond acceptors (Lipinski definition) is 4. The molecule has 0 bridgehead atoms. The van der Waals surface area contributed by atoms with E-state index in [2.05, 4.69) is 21.2 Å². The summed E-state index contributed by atoms with van der Waals surface area (Å²) in [5.41, 5.74) is 1.78. The number of carbonyl (C=O) groups is 1. The summed E-state index contributed by atoms with van der Waals surface area (Å²) < 4.78 is 25.5. The molecule has 0 unspecified atom stereocenters. The van der Waals surface area contributed by atoms with Gasteiger partial charge in [-0.1, -0.05) is 46.3 Å². The number of para-hydroxylation sites is 1. The minimum absolute atomic E-state index is 0.0644. The van der Waals surface area contributed by atoms with Crippen LogP contribution in [0.3, 0.4) is 0 Å². The fraction of sp³-hybridized carbons (Fsp3) is 0.120. The average molecular weight is 495 g/mol. The highest BCUT2D eigenvalue weighted by Gasteiger charge is 2.14. The molecule has 3 rings (SSSR count). The SMILES string of the molecule is CCOc1cc(/C=C(\C#N)C(=O)Nc2ccccc2)c(Br)cc1OCc1cccc(F)c1. The Kier molecular flexibility index (Phi) is 8.01. The highest BCUT2D eigenvalue weighted by atomic mass is 79.9. The van der Waals surface area contributed by atoms with Crippen LogP contribution in [0, 0.1) is 17.1 Å². The van der Waals surface area contributed by atoms with Crippen LogP contribution in [0.25, 0.3) is 6.08 Å². The summed E-state index contributed by atoms with van der Waals surface area (Å²) in [5.74, 6) is 0.0390. The average Bonchev–Trinajstić information content (AvgIpc) is 2.79. The number of benzene rings is 3. The molecule has 3 aromatic carbocycles. The van der Waals surface area contributed by atoms with Gasteiger partial charge in [-0.3, -0.25) is 4.79 Å². The Bertz CT molecular complexity index is 1170. The van der Waals surface area contributed by atoms with Crippen LogP contribution in [-0.4, -0.2) is 12.5 Å². The number of amides is 1. The zero-order chi connectivity index (χ0) is 22.9. The zero-order valence-corrected chi connectivity index (χ0v) is 18.9. The number of nitrogens with zero attached hydrogens (tertiary/aromatic N) is 1. The Morgan fingerprint density at radius 1 is 1.09 bits per heavy atom. The van der Waals surface area contributed by atoms with Gasteiger partial charge in [-0.15, -0.1) is 0 Å². The van der Waals surface area contributed by atoms with Gasteiger partial charge >= 0.3 is 0 Å².